The van der Waals surface area contributed by atoms with Crippen molar-refractivity contribution in [1.82, 2.24) is 4.90 Å². The Morgan fingerprint density at radius 3 is 2.43 bits per heavy atom. The van der Waals surface area contributed by atoms with Crippen molar-refractivity contribution in [2.45, 2.75) is 26.2 Å². The summed E-state index contributed by atoms with van der Waals surface area (Å²) in [5.74, 6) is -0.489. The van der Waals surface area contributed by atoms with Crippen LogP contribution in [0.4, 0.5) is 0 Å². The first-order valence-electron chi connectivity index (χ1n) is 4.56. The van der Waals surface area contributed by atoms with E-state index in [0.717, 1.165) is 12.8 Å². The van der Waals surface area contributed by atoms with Crippen LogP contribution in [0.25, 0.3) is 0 Å². The molecule has 5 nitrogen and oxygen atoms in total. The Kier molecular flexibility index (Phi) is 5.71. The third-order valence-electron chi connectivity index (χ3n) is 1.85. The zero-order chi connectivity index (χ0) is 11.2. The Morgan fingerprint density at radius 2 is 2.00 bits per heavy atom. The van der Waals surface area contributed by atoms with E-state index in [9.17, 15) is 13.2 Å². The Bertz CT molecular complexity index is 273. The van der Waals surface area contributed by atoms with Gasteiger partial charge in [0, 0.05) is 20.0 Å². The van der Waals surface area contributed by atoms with Gasteiger partial charge in [-0.3, -0.25) is 9.35 Å². The van der Waals surface area contributed by atoms with E-state index in [1.807, 2.05) is 6.92 Å². The van der Waals surface area contributed by atoms with Gasteiger partial charge in [-0.25, -0.2) is 0 Å². The molecule has 1 amide bonds. The predicted molar refractivity (Wildman–Crippen MR) is 53.6 cm³/mol. The van der Waals surface area contributed by atoms with Crippen LogP contribution in [0.2, 0.25) is 0 Å². The quantitative estimate of drug-likeness (QED) is 0.666. The Labute approximate surface area is 84.8 Å². The standard InChI is InChI=1S/C8H17NO4S/c1-3-4-5-8(10)9(2)6-7-14(11,12)13/h3-7H2,1-2H3,(H,11,12,13). The molecule has 0 saturated heterocycles. The highest BCUT2D eigenvalue weighted by molar-refractivity contribution is 7.85. The van der Waals surface area contributed by atoms with Crippen LogP contribution in [-0.2, 0) is 14.9 Å². The van der Waals surface area contributed by atoms with Crippen molar-refractivity contribution >= 4 is 16.0 Å². The topological polar surface area (TPSA) is 74.7 Å². The predicted octanol–water partition coefficient (Wildman–Crippen LogP) is 0.523. The Morgan fingerprint density at radius 1 is 1.43 bits per heavy atom. The summed E-state index contributed by atoms with van der Waals surface area (Å²) in [5, 5.41) is 0. The lowest BCUT2D eigenvalue weighted by atomic mass is 10.2. The molecule has 14 heavy (non-hydrogen) atoms. The molecule has 6 heteroatoms. The zero-order valence-corrected chi connectivity index (χ0v) is 9.38. The molecule has 0 aliphatic heterocycles. The molecule has 0 aliphatic carbocycles. The van der Waals surface area contributed by atoms with Crippen LogP contribution in [0.1, 0.15) is 26.2 Å². The summed E-state index contributed by atoms with van der Waals surface area (Å²) in [7, 11) is -2.44. The van der Waals surface area contributed by atoms with Crippen molar-refractivity contribution < 1.29 is 17.8 Å². The molecular weight excluding hydrogens is 206 g/mol. The number of unbranched alkanes of at least 4 members (excludes halogenated alkanes) is 1. The number of carbonyl (C=O) groups is 1. The van der Waals surface area contributed by atoms with Crippen LogP contribution >= 0.6 is 0 Å². The number of carbonyl (C=O) groups excluding carboxylic acids is 1. The van der Waals surface area contributed by atoms with Gasteiger partial charge >= 0.3 is 0 Å². The molecule has 0 aromatic heterocycles. The van der Waals surface area contributed by atoms with Gasteiger partial charge in [0.1, 0.15) is 0 Å². The smallest absolute Gasteiger partial charge is 0.266 e. The molecule has 0 aromatic carbocycles. The summed E-state index contributed by atoms with van der Waals surface area (Å²) in [6, 6.07) is 0. The Hall–Kier alpha value is -0.620. The summed E-state index contributed by atoms with van der Waals surface area (Å²) in [5.41, 5.74) is 0. The maximum absolute atomic E-state index is 11.3. The maximum atomic E-state index is 11.3. The molecule has 0 spiro atoms. The molecule has 84 valence electrons. The maximum Gasteiger partial charge on any atom is 0.266 e. The van der Waals surface area contributed by atoms with Crippen molar-refractivity contribution in [3.63, 3.8) is 0 Å². The first kappa shape index (κ1) is 13.4. The van der Waals surface area contributed by atoms with Gasteiger partial charge < -0.3 is 4.90 Å². The van der Waals surface area contributed by atoms with Crippen LogP contribution in [0.15, 0.2) is 0 Å². The second-order valence-electron chi connectivity index (χ2n) is 3.20. The van der Waals surface area contributed by atoms with E-state index in [-0.39, 0.29) is 12.5 Å². The van der Waals surface area contributed by atoms with E-state index in [2.05, 4.69) is 0 Å². The van der Waals surface area contributed by atoms with Gasteiger partial charge in [-0.1, -0.05) is 13.3 Å². The fourth-order valence-electron chi connectivity index (χ4n) is 0.896. The number of amides is 1. The van der Waals surface area contributed by atoms with Crippen molar-refractivity contribution in [3.05, 3.63) is 0 Å². The zero-order valence-electron chi connectivity index (χ0n) is 8.56. The van der Waals surface area contributed by atoms with Gasteiger partial charge in [-0.2, -0.15) is 8.42 Å². The van der Waals surface area contributed by atoms with Crippen LogP contribution < -0.4 is 0 Å². The molecule has 0 rings (SSSR count). The summed E-state index contributed by atoms with van der Waals surface area (Å²) in [6.45, 7) is 2.02. The molecule has 0 aliphatic rings. The van der Waals surface area contributed by atoms with E-state index in [0.29, 0.717) is 6.42 Å². The molecule has 0 radical (unpaired) electrons. The normalized spacial score (nSPS) is 11.4. The van der Waals surface area contributed by atoms with E-state index < -0.39 is 15.9 Å². The van der Waals surface area contributed by atoms with Crippen molar-refractivity contribution in [2.24, 2.45) is 0 Å². The molecule has 0 atom stereocenters. The Balaban J connectivity index is 3.84. The van der Waals surface area contributed by atoms with Crippen LogP contribution in [0.3, 0.4) is 0 Å². The highest BCUT2D eigenvalue weighted by atomic mass is 32.2. The third-order valence-corrected chi connectivity index (χ3v) is 2.55. The van der Waals surface area contributed by atoms with Crippen molar-refractivity contribution in [3.8, 4) is 0 Å². The number of hydrogen-bond donors (Lipinski definition) is 1. The number of hydrogen-bond acceptors (Lipinski definition) is 3. The summed E-state index contributed by atoms with van der Waals surface area (Å²) in [6.07, 6.45) is 2.16. The van der Waals surface area contributed by atoms with Crippen LogP contribution in [0, 0.1) is 0 Å². The molecule has 0 saturated carbocycles. The largest absolute Gasteiger partial charge is 0.345 e. The fourth-order valence-corrected chi connectivity index (χ4v) is 1.40. The van der Waals surface area contributed by atoms with E-state index in [1.54, 1.807) is 0 Å². The number of nitrogens with zero attached hydrogens (tertiary/aromatic N) is 1. The van der Waals surface area contributed by atoms with Crippen LogP contribution in [-0.4, -0.2) is 43.1 Å². The molecular formula is C8H17NO4S. The van der Waals surface area contributed by atoms with Gasteiger partial charge in [0.05, 0.1) is 5.75 Å². The first-order chi connectivity index (χ1) is 6.37. The molecule has 0 aromatic rings. The second kappa shape index (κ2) is 5.98. The lowest BCUT2D eigenvalue weighted by molar-refractivity contribution is -0.129. The molecule has 0 unspecified atom stereocenters. The van der Waals surface area contributed by atoms with E-state index in [1.165, 1.54) is 11.9 Å². The van der Waals surface area contributed by atoms with Gasteiger partial charge in [-0.05, 0) is 6.42 Å². The van der Waals surface area contributed by atoms with Crippen LogP contribution in [0.5, 0.6) is 0 Å². The summed E-state index contributed by atoms with van der Waals surface area (Å²) in [4.78, 5) is 12.6. The monoisotopic (exact) mass is 223 g/mol. The number of rotatable bonds is 6. The van der Waals surface area contributed by atoms with Gasteiger partial charge in [-0.15, -0.1) is 0 Å². The lowest BCUT2D eigenvalue weighted by Crippen LogP contribution is -2.31. The van der Waals surface area contributed by atoms with Gasteiger partial charge in [0.25, 0.3) is 10.1 Å². The van der Waals surface area contributed by atoms with Gasteiger partial charge in [0.15, 0.2) is 0 Å². The fraction of sp³-hybridized carbons (Fsp3) is 0.875. The average molecular weight is 223 g/mol. The second-order valence-corrected chi connectivity index (χ2v) is 4.78. The minimum atomic E-state index is -3.97. The van der Waals surface area contributed by atoms with Crippen molar-refractivity contribution in [1.29, 1.82) is 0 Å². The highest BCUT2D eigenvalue weighted by Crippen LogP contribution is 1.98. The van der Waals surface area contributed by atoms with Gasteiger partial charge in [0.2, 0.25) is 5.91 Å². The van der Waals surface area contributed by atoms with E-state index >= 15 is 0 Å². The minimum absolute atomic E-state index is 0.0430. The summed E-state index contributed by atoms with van der Waals surface area (Å²) >= 11 is 0. The lowest BCUT2D eigenvalue weighted by Gasteiger charge is -2.15. The molecule has 0 bridgehead atoms. The molecule has 0 fully saturated rings. The van der Waals surface area contributed by atoms with E-state index in [4.69, 9.17) is 4.55 Å². The average Bonchev–Trinajstić information content (AvgIpc) is 2.09. The first-order valence-corrected chi connectivity index (χ1v) is 6.17. The minimum Gasteiger partial charge on any atom is -0.345 e. The SMILES string of the molecule is CCCCC(=O)N(C)CCS(=O)(=O)O. The molecule has 0 heterocycles. The third kappa shape index (κ3) is 6.85. The molecule has 1 N–H and O–H groups in total. The highest BCUT2D eigenvalue weighted by Gasteiger charge is 2.11. The van der Waals surface area contributed by atoms with Crippen molar-refractivity contribution in [2.75, 3.05) is 19.3 Å². The summed E-state index contributed by atoms with van der Waals surface area (Å²) < 4.78 is 29.2.